The van der Waals surface area contributed by atoms with Crippen molar-refractivity contribution in [2.75, 3.05) is 19.8 Å². The van der Waals surface area contributed by atoms with Crippen LogP contribution in [-0.4, -0.2) is 43.0 Å². The van der Waals surface area contributed by atoms with Gasteiger partial charge in [0.1, 0.15) is 18.1 Å². The fourth-order valence-corrected chi connectivity index (χ4v) is 4.41. The Morgan fingerprint density at radius 2 is 2.03 bits per heavy atom. The molecule has 3 N–H and O–H groups in total. The van der Waals surface area contributed by atoms with E-state index in [9.17, 15) is 9.59 Å². The van der Waals surface area contributed by atoms with E-state index in [1.54, 1.807) is 44.2 Å². The molecule has 0 aromatic heterocycles. The quantitative estimate of drug-likeness (QED) is 0.0916. The Balaban J connectivity index is 1.66. The van der Waals surface area contributed by atoms with E-state index in [0.29, 0.717) is 33.4 Å². The number of amides is 1. The maximum atomic E-state index is 12.7. The van der Waals surface area contributed by atoms with Crippen LogP contribution in [0, 0.1) is 15.9 Å². The number of carbonyl (C=O) groups excluding carboxylic acids is 2. The Morgan fingerprint density at radius 1 is 1.24 bits per heavy atom. The first-order valence-corrected chi connectivity index (χ1v) is 12.7. The van der Waals surface area contributed by atoms with Crippen molar-refractivity contribution >= 4 is 58.0 Å². The Hall–Kier alpha value is -3.63. The summed E-state index contributed by atoms with van der Waals surface area (Å²) in [5.41, 5.74) is 4.81. The van der Waals surface area contributed by atoms with E-state index < -0.39 is 17.9 Å². The molecular formula is C26H25IN4O5S. The van der Waals surface area contributed by atoms with Crippen LogP contribution in [0.25, 0.3) is 0 Å². The second kappa shape index (κ2) is 13.6. The predicted molar refractivity (Wildman–Crippen MR) is 152 cm³/mol. The number of ether oxygens (including phenoxy) is 3. The van der Waals surface area contributed by atoms with Gasteiger partial charge in [0.2, 0.25) is 0 Å². The molecule has 2 aromatic rings. The van der Waals surface area contributed by atoms with Crippen molar-refractivity contribution < 1.29 is 23.8 Å². The lowest BCUT2D eigenvalue weighted by molar-refractivity contribution is -0.139. The van der Waals surface area contributed by atoms with Crippen LogP contribution in [0.5, 0.6) is 11.5 Å². The highest BCUT2D eigenvalue weighted by Gasteiger charge is 2.32. The molecule has 0 saturated carbocycles. The van der Waals surface area contributed by atoms with Crippen molar-refractivity contribution in [3.63, 3.8) is 0 Å². The van der Waals surface area contributed by atoms with E-state index >= 15 is 0 Å². The number of carbonyl (C=O) groups is 2. The minimum Gasteiger partial charge on any atom is -0.483 e. The van der Waals surface area contributed by atoms with Crippen molar-refractivity contribution in [3.8, 4) is 23.8 Å². The first-order valence-electron chi connectivity index (χ1n) is 11.2. The topological polar surface area (TPSA) is 110 Å². The first-order chi connectivity index (χ1) is 17.8. The van der Waals surface area contributed by atoms with Gasteiger partial charge in [-0.15, -0.1) is 6.42 Å². The largest absolute Gasteiger partial charge is 0.483 e. The molecule has 0 aliphatic carbocycles. The Kier molecular flexibility index (Phi) is 10.3. The summed E-state index contributed by atoms with van der Waals surface area (Å²) in [6, 6.07) is 11.9. The second-order valence-electron chi connectivity index (χ2n) is 7.59. The smallest absolute Gasteiger partial charge is 0.338 e. The Labute approximate surface area is 234 Å². The van der Waals surface area contributed by atoms with E-state index in [1.807, 2.05) is 12.1 Å². The molecule has 192 valence electrons. The third kappa shape index (κ3) is 7.68. The van der Waals surface area contributed by atoms with Crippen molar-refractivity contribution in [3.05, 3.63) is 68.4 Å². The molecule has 0 saturated heterocycles. The number of thiocarbonyl (C=S) groups is 1. The van der Waals surface area contributed by atoms with E-state index in [-0.39, 0.29) is 19.8 Å². The minimum atomic E-state index is -0.611. The van der Waals surface area contributed by atoms with Gasteiger partial charge in [0.25, 0.3) is 5.91 Å². The average Bonchev–Trinajstić information content (AvgIpc) is 2.87. The number of nitrogens with zero attached hydrogens (tertiary/aromatic N) is 1. The zero-order valence-corrected chi connectivity index (χ0v) is 23.1. The van der Waals surface area contributed by atoms with Gasteiger partial charge in [0.15, 0.2) is 11.7 Å². The van der Waals surface area contributed by atoms with E-state index in [2.05, 4.69) is 49.7 Å². The lowest BCUT2D eigenvalue weighted by atomic mass is 9.95. The van der Waals surface area contributed by atoms with Gasteiger partial charge in [-0.2, -0.15) is 5.10 Å². The van der Waals surface area contributed by atoms with Gasteiger partial charge in [-0.05, 0) is 78.5 Å². The van der Waals surface area contributed by atoms with Crippen LogP contribution in [-0.2, 0) is 14.3 Å². The van der Waals surface area contributed by atoms with Gasteiger partial charge in [-0.1, -0.05) is 24.1 Å². The molecule has 1 aliphatic rings. The normalized spacial score (nSPS) is 14.9. The van der Waals surface area contributed by atoms with Crippen molar-refractivity contribution in [1.82, 2.24) is 16.1 Å². The molecule has 0 bridgehead atoms. The fourth-order valence-electron chi connectivity index (χ4n) is 3.45. The minimum absolute atomic E-state index is 0.184. The van der Waals surface area contributed by atoms with Crippen molar-refractivity contribution in [2.45, 2.75) is 19.9 Å². The van der Waals surface area contributed by atoms with Crippen LogP contribution < -0.4 is 25.5 Å². The number of halogens is 1. The highest BCUT2D eigenvalue weighted by molar-refractivity contribution is 14.1. The lowest BCUT2D eigenvalue weighted by Crippen LogP contribution is -2.45. The molecule has 11 heteroatoms. The highest BCUT2D eigenvalue weighted by atomic mass is 127. The van der Waals surface area contributed by atoms with Crippen LogP contribution in [0.3, 0.4) is 0 Å². The SMILES string of the molecule is C#CCOc1ccc(C=NNC(=O)COc2ccccc2[C@H]2NC(=S)NC(C)=C2C(=O)OCC)cc1I. The number of rotatable bonds is 10. The standard InChI is InChI=1S/C26H25IN4O5S/c1-4-12-35-21-11-10-17(13-19(21)27)14-28-31-22(32)15-36-20-9-7-6-8-18(20)24-23(25(33)34-5-2)16(3)29-26(37)30-24/h1,6-11,13-14,24H,5,12,15H2,2-3H3,(H,31,32)(H2,29,30,37)/t24-/m1/s1. The van der Waals surface area contributed by atoms with Crippen LogP contribution in [0.2, 0.25) is 0 Å². The molecule has 1 atom stereocenters. The number of hydrazone groups is 1. The summed E-state index contributed by atoms with van der Waals surface area (Å²) in [7, 11) is 0. The molecular weight excluding hydrogens is 607 g/mol. The van der Waals surface area contributed by atoms with Crippen LogP contribution in [0.1, 0.15) is 31.0 Å². The summed E-state index contributed by atoms with van der Waals surface area (Å²) in [6.45, 7) is 3.61. The molecule has 0 unspecified atom stereocenters. The van der Waals surface area contributed by atoms with E-state index in [1.165, 1.54) is 6.21 Å². The van der Waals surface area contributed by atoms with Crippen LogP contribution in [0.15, 0.2) is 58.8 Å². The van der Waals surface area contributed by atoms with Gasteiger partial charge in [-0.3, -0.25) is 4.79 Å². The number of benzene rings is 2. The second-order valence-corrected chi connectivity index (χ2v) is 9.16. The van der Waals surface area contributed by atoms with Crippen molar-refractivity contribution in [1.29, 1.82) is 0 Å². The molecule has 3 rings (SSSR count). The summed E-state index contributed by atoms with van der Waals surface area (Å²) in [5, 5.41) is 10.4. The lowest BCUT2D eigenvalue weighted by Gasteiger charge is -2.30. The predicted octanol–water partition coefficient (Wildman–Crippen LogP) is 3.19. The molecule has 1 heterocycles. The van der Waals surface area contributed by atoms with Gasteiger partial charge in [-0.25, -0.2) is 10.2 Å². The number of hydrogen-bond acceptors (Lipinski definition) is 7. The molecule has 2 aromatic carbocycles. The van der Waals surface area contributed by atoms with Gasteiger partial charge < -0.3 is 24.8 Å². The van der Waals surface area contributed by atoms with Crippen LogP contribution in [0.4, 0.5) is 0 Å². The van der Waals surface area contributed by atoms with Crippen molar-refractivity contribution in [2.24, 2.45) is 5.10 Å². The Morgan fingerprint density at radius 3 is 2.76 bits per heavy atom. The number of para-hydroxylation sites is 1. The summed E-state index contributed by atoms with van der Waals surface area (Å²) >= 11 is 7.42. The maximum absolute atomic E-state index is 12.7. The van der Waals surface area contributed by atoms with Crippen LogP contribution >= 0.6 is 34.8 Å². The van der Waals surface area contributed by atoms with Gasteiger partial charge in [0.05, 0.1) is 28.0 Å². The Bertz CT molecular complexity index is 1290. The van der Waals surface area contributed by atoms with Gasteiger partial charge >= 0.3 is 5.97 Å². The number of nitrogens with one attached hydrogen (secondary N) is 3. The highest BCUT2D eigenvalue weighted by Crippen LogP contribution is 2.33. The molecule has 0 spiro atoms. The monoisotopic (exact) mass is 632 g/mol. The van der Waals surface area contributed by atoms with E-state index in [4.69, 9.17) is 32.9 Å². The molecule has 0 fully saturated rings. The number of esters is 1. The molecule has 9 nitrogen and oxygen atoms in total. The zero-order valence-electron chi connectivity index (χ0n) is 20.2. The number of hydrogen-bond donors (Lipinski definition) is 3. The third-order valence-electron chi connectivity index (χ3n) is 5.02. The summed E-state index contributed by atoms with van der Waals surface area (Å²) in [5.74, 6) is 2.58. The number of allylic oxidation sites excluding steroid dienone is 1. The first kappa shape index (κ1) is 27.9. The summed E-state index contributed by atoms with van der Waals surface area (Å²) in [6.07, 6.45) is 6.73. The maximum Gasteiger partial charge on any atom is 0.338 e. The zero-order chi connectivity index (χ0) is 26.8. The summed E-state index contributed by atoms with van der Waals surface area (Å²) in [4.78, 5) is 25.0. The molecule has 1 amide bonds. The number of terminal acetylenes is 1. The average molecular weight is 632 g/mol. The van der Waals surface area contributed by atoms with E-state index in [0.717, 1.165) is 9.13 Å². The fraction of sp³-hybridized carbons (Fsp3) is 0.231. The summed E-state index contributed by atoms with van der Waals surface area (Å²) < 4.78 is 17.3. The van der Waals surface area contributed by atoms with Gasteiger partial charge in [0, 0.05) is 11.3 Å². The molecule has 0 radical (unpaired) electrons. The molecule has 1 aliphatic heterocycles. The third-order valence-corrected chi connectivity index (χ3v) is 6.09. The molecule has 37 heavy (non-hydrogen) atoms.